The molecule has 1 aromatic rings. The fourth-order valence-corrected chi connectivity index (χ4v) is 3.04. The molecule has 6 nitrogen and oxygen atoms in total. The minimum atomic E-state index is -0.215. The summed E-state index contributed by atoms with van der Waals surface area (Å²) in [7, 11) is 1.76. The summed E-state index contributed by atoms with van der Waals surface area (Å²) in [6.07, 6.45) is 2.23. The molecule has 1 unspecified atom stereocenters. The van der Waals surface area contributed by atoms with Crippen molar-refractivity contribution in [2.75, 3.05) is 59.7 Å². The van der Waals surface area contributed by atoms with Gasteiger partial charge in [-0.25, -0.2) is 4.39 Å². The lowest BCUT2D eigenvalue weighted by atomic mass is 10.0. The lowest BCUT2D eigenvalue weighted by Gasteiger charge is -2.35. The molecule has 1 atom stereocenters. The number of benzene rings is 1. The standard InChI is InChI=1S/C20H33FN4O2.HI/c1-3-4-12-26-13-9-23-20(22-2)24-16-19(25-10-14-27-15-11-25)17-5-7-18(21)8-6-17;/h5-8,19H,3-4,9-16H2,1-2H3,(H2,22,23,24);1H. The van der Waals surface area contributed by atoms with E-state index in [1.807, 2.05) is 12.1 Å². The van der Waals surface area contributed by atoms with Gasteiger partial charge in [-0.15, -0.1) is 24.0 Å². The Kier molecular flexibility index (Phi) is 13.4. The zero-order chi connectivity index (χ0) is 19.3. The third-order valence-corrected chi connectivity index (χ3v) is 4.61. The number of hydrogen-bond acceptors (Lipinski definition) is 4. The zero-order valence-corrected chi connectivity index (χ0v) is 19.3. The van der Waals surface area contributed by atoms with Gasteiger partial charge in [0.1, 0.15) is 5.82 Å². The molecule has 1 saturated heterocycles. The smallest absolute Gasteiger partial charge is 0.191 e. The molecular formula is C20H34FIN4O2. The van der Waals surface area contributed by atoms with Crippen LogP contribution in [0, 0.1) is 5.82 Å². The molecule has 0 radical (unpaired) electrons. The lowest BCUT2D eigenvalue weighted by Crippen LogP contribution is -2.46. The quantitative estimate of drug-likeness (QED) is 0.221. The SMILES string of the molecule is CCCCOCCNC(=NC)NCC(c1ccc(F)cc1)N1CCOCC1.I. The van der Waals surface area contributed by atoms with Crippen molar-refractivity contribution >= 4 is 29.9 Å². The zero-order valence-electron chi connectivity index (χ0n) is 17.0. The number of nitrogens with one attached hydrogen (secondary N) is 2. The van der Waals surface area contributed by atoms with Gasteiger partial charge in [-0.1, -0.05) is 25.5 Å². The van der Waals surface area contributed by atoms with Crippen LogP contribution in [0.1, 0.15) is 31.4 Å². The average Bonchev–Trinajstić information content (AvgIpc) is 2.71. The van der Waals surface area contributed by atoms with Gasteiger partial charge in [0.25, 0.3) is 0 Å². The van der Waals surface area contributed by atoms with E-state index in [4.69, 9.17) is 9.47 Å². The van der Waals surface area contributed by atoms with Crippen LogP contribution in [0.5, 0.6) is 0 Å². The van der Waals surface area contributed by atoms with Gasteiger partial charge in [0.05, 0.1) is 25.9 Å². The predicted molar refractivity (Wildman–Crippen MR) is 122 cm³/mol. The fraction of sp³-hybridized carbons (Fsp3) is 0.650. The van der Waals surface area contributed by atoms with E-state index in [9.17, 15) is 4.39 Å². The van der Waals surface area contributed by atoms with Gasteiger partial charge in [0.2, 0.25) is 0 Å². The highest BCUT2D eigenvalue weighted by molar-refractivity contribution is 14.0. The molecule has 0 bridgehead atoms. The van der Waals surface area contributed by atoms with E-state index in [1.54, 1.807) is 7.05 Å². The van der Waals surface area contributed by atoms with Crippen molar-refractivity contribution in [1.29, 1.82) is 0 Å². The normalized spacial score (nSPS) is 16.3. The van der Waals surface area contributed by atoms with Crippen LogP contribution < -0.4 is 10.6 Å². The number of morpholine rings is 1. The van der Waals surface area contributed by atoms with Crippen LogP contribution in [0.2, 0.25) is 0 Å². The Hall–Kier alpha value is -0.970. The second-order valence-corrected chi connectivity index (χ2v) is 6.56. The molecule has 0 aromatic heterocycles. The molecular weight excluding hydrogens is 474 g/mol. The first kappa shape index (κ1) is 25.1. The maximum absolute atomic E-state index is 13.3. The summed E-state index contributed by atoms with van der Waals surface area (Å²) in [5.74, 6) is 0.530. The molecule has 1 aliphatic heterocycles. The third-order valence-electron chi connectivity index (χ3n) is 4.61. The molecule has 8 heteroatoms. The number of ether oxygens (including phenoxy) is 2. The average molecular weight is 508 g/mol. The molecule has 0 saturated carbocycles. The van der Waals surface area contributed by atoms with E-state index in [2.05, 4.69) is 27.4 Å². The molecule has 1 fully saturated rings. The van der Waals surface area contributed by atoms with Crippen LogP contribution in [0.3, 0.4) is 0 Å². The number of nitrogens with zero attached hydrogens (tertiary/aromatic N) is 2. The third kappa shape index (κ3) is 9.02. The molecule has 1 aromatic carbocycles. The largest absolute Gasteiger partial charge is 0.380 e. The van der Waals surface area contributed by atoms with Crippen molar-refractivity contribution in [2.45, 2.75) is 25.8 Å². The summed E-state index contributed by atoms with van der Waals surface area (Å²) in [5, 5.41) is 6.66. The Morgan fingerprint density at radius 3 is 2.57 bits per heavy atom. The van der Waals surface area contributed by atoms with Crippen LogP contribution in [-0.2, 0) is 9.47 Å². The van der Waals surface area contributed by atoms with Gasteiger partial charge < -0.3 is 20.1 Å². The summed E-state index contributed by atoms with van der Waals surface area (Å²) in [4.78, 5) is 6.65. The van der Waals surface area contributed by atoms with E-state index in [0.29, 0.717) is 19.7 Å². The number of halogens is 2. The van der Waals surface area contributed by atoms with Gasteiger partial charge in [-0.05, 0) is 24.1 Å². The Labute approximate surface area is 185 Å². The topological polar surface area (TPSA) is 58.1 Å². The molecule has 0 amide bonds. The van der Waals surface area contributed by atoms with Gasteiger partial charge in [0, 0.05) is 39.8 Å². The van der Waals surface area contributed by atoms with E-state index in [1.165, 1.54) is 12.1 Å². The van der Waals surface area contributed by atoms with Crippen LogP contribution in [0.15, 0.2) is 29.3 Å². The highest BCUT2D eigenvalue weighted by atomic mass is 127. The molecule has 0 aliphatic carbocycles. The van der Waals surface area contributed by atoms with Crippen molar-refractivity contribution in [3.8, 4) is 0 Å². The molecule has 28 heavy (non-hydrogen) atoms. The second kappa shape index (κ2) is 14.9. The first-order valence-electron chi connectivity index (χ1n) is 9.84. The summed E-state index contributed by atoms with van der Waals surface area (Å²) in [6, 6.07) is 6.88. The number of aliphatic imine (C=N–C) groups is 1. The van der Waals surface area contributed by atoms with Crippen molar-refractivity contribution in [2.24, 2.45) is 4.99 Å². The number of hydrogen-bond donors (Lipinski definition) is 2. The predicted octanol–water partition coefficient (Wildman–Crippen LogP) is 2.80. The minimum Gasteiger partial charge on any atom is -0.380 e. The maximum Gasteiger partial charge on any atom is 0.191 e. The highest BCUT2D eigenvalue weighted by Gasteiger charge is 2.23. The molecule has 1 aliphatic rings. The van der Waals surface area contributed by atoms with E-state index in [-0.39, 0.29) is 35.8 Å². The molecule has 0 spiro atoms. The monoisotopic (exact) mass is 508 g/mol. The number of rotatable bonds is 10. The van der Waals surface area contributed by atoms with Gasteiger partial charge in [0.15, 0.2) is 5.96 Å². The summed E-state index contributed by atoms with van der Waals surface area (Å²) in [5.41, 5.74) is 1.09. The van der Waals surface area contributed by atoms with Crippen molar-refractivity contribution in [3.63, 3.8) is 0 Å². The van der Waals surface area contributed by atoms with Crippen LogP contribution in [-0.4, -0.2) is 70.5 Å². The maximum atomic E-state index is 13.3. The first-order chi connectivity index (χ1) is 13.2. The second-order valence-electron chi connectivity index (χ2n) is 6.56. The molecule has 160 valence electrons. The lowest BCUT2D eigenvalue weighted by molar-refractivity contribution is 0.0170. The van der Waals surface area contributed by atoms with Crippen molar-refractivity contribution in [3.05, 3.63) is 35.6 Å². The summed E-state index contributed by atoms with van der Waals surface area (Å²) >= 11 is 0. The first-order valence-corrected chi connectivity index (χ1v) is 9.84. The fourth-order valence-electron chi connectivity index (χ4n) is 3.04. The number of unbranched alkanes of at least 4 members (excludes halogenated alkanes) is 1. The van der Waals surface area contributed by atoms with E-state index >= 15 is 0 Å². The van der Waals surface area contributed by atoms with Gasteiger partial charge in [-0.2, -0.15) is 0 Å². The van der Waals surface area contributed by atoms with E-state index in [0.717, 1.165) is 57.3 Å². The minimum absolute atomic E-state index is 0. The molecule has 2 N–H and O–H groups in total. The van der Waals surface area contributed by atoms with Crippen LogP contribution >= 0.6 is 24.0 Å². The van der Waals surface area contributed by atoms with E-state index < -0.39 is 0 Å². The summed E-state index contributed by atoms with van der Waals surface area (Å²) < 4.78 is 24.4. The van der Waals surface area contributed by atoms with Crippen LogP contribution in [0.4, 0.5) is 4.39 Å². The highest BCUT2D eigenvalue weighted by Crippen LogP contribution is 2.21. The van der Waals surface area contributed by atoms with Crippen LogP contribution in [0.25, 0.3) is 0 Å². The summed E-state index contributed by atoms with van der Waals surface area (Å²) in [6.45, 7) is 8.17. The van der Waals surface area contributed by atoms with Crippen molar-refractivity contribution in [1.82, 2.24) is 15.5 Å². The Morgan fingerprint density at radius 2 is 1.93 bits per heavy atom. The molecule has 2 rings (SSSR count). The van der Waals surface area contributed by atoms with Crippen molar-refractivity contribution < 1.29 is 13.9 Å². The Morgan fingerprint density at radius 1 is 1.21 bits per heavy atom. The Bertz CT molecular complexity index is 554. The molecule has 1 heterocycles. The number of guanidine groups is 1. The van der Waals surface area contributed by atoms with Gasteiger partial charge >= 0.3 is 0 Å². The Balaban J connectivity index is 0.00000392. The van der Waals surface area contributed by atoms with Gasteiger partial charge in [-0.3, -0.25) is 9.89 Å².